The molecule has 0 N–H and O–H groups in total. The molecule has 2 aromatic rings. The van der Waals surface area contributed by atoms with Crippen LogP contribution in [0.15, 0.2) is 64.7 Å². The summed E-state index contributed by atoms with van der Waals surface area (Å²) in [6.07, 6.45) is 0. The van der Waals surface area contributed by atoms with Crippen LogP contribution >= 0.6 is 11.6 Å². The summed E-state index contributed by atoms with van der Waals surface area (Å²) in [6, 6.07) is 16.3. The number of hydrogen-bond donors (Lipinski definition) is 0. The first-order valence-corrected chi connectivity index (χ1v) is 6.82. The van der Waals surface area contributed by atoms with Crippen LogP contribution in [0.3, 0.4) is 0 Å². The molecule has 5 heteroatoms. The fraction of sp³-hybridized carbons (Fsp3) is 0.0625. The Morgan fingerprint density at radius 1 is 1.10 bits per heavy atom. The number of anilines is 1. The second-order valence-corrected chi connectivity index (χ2v) is 5.01. The van der Waals surface area contributed by atoms with Crippen LogP contribution < -0.4 is 5.01 Å². The molecule has 4 nitrogen and oxygen atoms in total. The zero-order valence-corrected chi connectivity index (χ0v) is 12.1. The highest BCUT2D eigenvalue weighted by Crippen LogP contribution is 2.22. The molecular weight excluding hydrogens is 286 g/mol. The fourth-order valence-electron chi connectivity index (χ4n) is 2.05. The topological polar surface area (TPSA) is 45.0 Å². The van der Waals surface area contributed by atoms with E-state index in [2.05, 4.69) is 10.1 Å². The van der Waals surface area contributed by atoms with Crippen LogP contribution in [0.2, 0.25) is 5.02 Å². The number of carbonyl (C=O) groups excluding carboxylic acids is 1. The minimum absolute atomic E-state index is 0.237. The van der Waals surface area contributed by atoms with Crippen LogP contribution in [-0.4, -0.2) is 17.3 Å². The molecule has 0 saturated heterocycles. The van der Waals surface area contributed by atoms with Gasteiger partial charge in [0.2, 0.25) is 0 Å². The molecule has 1 aliphatic rings. The Morgan fingerprint density at radius 2 is 1.86 bits per heavy atom. The van der Waals surface area contributed by atoms with E-state index in [1.165, 1.54) is 5.01 Å². The van der Waals surface area contributed by atoms with Crippen LogP contribution in [0.4, 0.5) is 11.4 Å². The molecule has 0 aliphatic carbocycles. The number of rotatable bonds is 2. The number of hydrazone groups is 1. The summed E-state index contributed by atoms with van der Waals surface area (Å²) in [6.45, 7) is 1.77. The van der Waals surface area contributed by atoms with E-state index < -0.39 is 0 Å². The minimum Gasteiger partial charge on any atom is -0.265 e. The molecule has 104 valence electrons. The molecule has 1 aliphatic heterocycles. The van der Waals surface area contributed by atoms with Gasteiger partial charge in [-0.2, -0.15) is 10.1 Å². The van der Waals surface area contributed by atoms with Gasteiger partial charge < -0.3 is 0 Å². The molecule has 0 fully saturated rings. The smallest absolute Gasteiger partial charge is 0.265 e. The van der Waals surface area contributed by atoms with Crippen LogP contribution in [0.5, 0.6) is 0 Å². The zero-order chi connectivity index (χ0) is 14.8. The molecular formula is C16H12ClN3O. The monoisotopic (exact) mass is 297 g/mol. The normalized spacial score (nSPS) is 16.5. The molecule has 2 aromatic carbocycles. The number of para-hydroxylation sites is 1. The van der Waals surface area contributed by atoms with Crippen molar-refractivity contribution < 1.29 is 4.79 Å². The molecule has 1 amide bonds. The summed E-state index contributed by atoms with van der Waals surface area (Å²) in [5.74, 6) is -0.237. The maximum atomic E-state index is 12.5. The first-order valence-electron chi connectivity index (χ1n) is 6.44. The Morgan fingerprint density at radius 3 is 2.57 bits per heavy atom. The highest BCUT2D eigenvalue weighted by molar-refractivity contribution is 6.71. The van der Waals surface area contributed by atoms with Crippen molar-refractivity contribution in [1.82, 2.24) is 0 Å². The van der Waals surface area contributed by atoms with E-state index in [-0.39, 0.29) is 5.91 Å². The molecule has 0 radical (unpaired) electrons. The Kier molecular flexibility index (Phi) is 3.54. The molecule has 0 saturated carbocycles. The predicted octanol–water partition coefficient (Wildman–Crippen LogP) is 3.84. The average Bonchev–Trinajstić information content (AvgIpc) is 2.76. The zero-order valence-electron chi connectivity index (χ0n) is 11.3. The van der Waals surface area contributed by atoms with Crippen LogP contribution in [0.1, 0.15) is 6.92 Å². The highest BCUT2D eigenvalue weighted by atomic mass is 35.5. The SMILES string of the molecule is CC1=NN(c2ccccc2)C(=O)C1=Nc1cccc(Cl)c1. The van der Waals surface area contributed by atoms with Crippen molar-refractivity contribution in [2.75, 3.05) is 5.01 Å². The Hall–Kier alpha value is -2.46. The molecule has 1 heterocycles. The van der Waals surface area contributed by atoms with E-state index in [0.29, 0.717) is 22.1 Å². The number of halogens is 1. The number of benzene rings is 2. The molecule has 3 rings (SSSR count). The van der Waals surface area contributed by atoms with Gasteiger partial charge >= 0.3 is 0 Å². The third-order valence-electron chi connectivity index (χ3n) is 3.04. The molecule has 0 bridgehead atoms. The second-order valence-electron chi connectivity index (χ2n) is 4.58. The van der Waals surface area contributed by atoms with E-state index in [0.717, 1.165) is 5.69 Å². The number of aliphatic imine (C=N–C) groups is 1. The number of nitrogens with zero attached hydrogens (tertiary/aromatic N) is 3. The van der Waals surface area contributed by atoms with E-state index >= 15 is 0 Å². The first-order chi connectivity index (χ1) is 10.1. The fourth-order valence-corrected chi connectivity index (χ4v) is 2.23. The van der Waals surface area contributed by atoms with E-state index in [1.54, 1.807) is 31.2 Å². The second kappa shape index (κ2) is 5.50. The highest BCUT2D eigenvalue weighted by Gasteiger charge is 2.30. The lowest BCUT2D eigenvalue weighted by atomic mass is 10.2. The van der Waals surface area contributed by atoms with Gasteiger partial charge in [0.25, 0.3) is 5.91 Å². The summed E-state index contributed by atoms with van der Waals surface area (Å²) in [7, 11) is 0. The molecule has 0 spiro atoms. The molecule has 0 atom stereocenters. The van der Waals surface area contributed by atoms with Gasteiger partial charge in [-0.25, -0.2) is 4.99 Å². The standard InChI is InChI=1S/C16H12ClN3O/c1-11-15(18-13-7-5-6-12(17)10-13)16(21)20(19-11)14-8-3-2-4-9-14/h2-10H,1H3. The number of hydrogen-bond acceptors (Lipinski definition) is 3. The van der Waals surface area contributed by atoms with Crippen molar-refractivity contribution in [2.45, 2.75) is 6.92 Å². The lowest BCUT2D eigenvalue weighted by Crippen LogP contribution is -2.26. The van der Waals surface area contributed by atoms with Crippen LogP contribution in [-0.2, 0) is 4.79 Å². The number of amides is 1. The van der Waals surface area contributed by atoms with Crippen LogP contribution in [0, 0.1) is 0 Å². The van der Waals surface area contributed by atoms with Gasteiger partial charge in [-0.15, -0.1) is 0 Å². The Balaban J connectivity index is 1.96. The van der Waals surface area contributed by atoms with Gasteiger partial charge in [0, 0.05) is 5.02 Å². The van der Waals surface area contributed by atoms with Gasteiger partial charge in [-0.1, -0.05) is 35.9 Å². The average molecular weight is 298 g/mol. The maximum Gasteiger partial charge on any atom is 0.299 e. The van der Waals surface area contributed by atoms with E-state index in [1.807, 2.05) is 30.3 Å². The summed E-state index contributed by atoms with van der Waals surface area (Å²) in [5, 5.41) is 6.22. The molecule has 21 heavy (non-hydrogen) atoms. The largest absolute Gasteiger partial charge is 0.299 e. The van der Waals surface area contributed by atoms with Gasteiger partial charge in [-0.05, 0) is 37.3 Å². The minimum atomic E-state index is -0.237. The van der Waals surface area contributed by atoms with Crippen LogP contribution in [0.25, 0.3) is 0 Å². The molecule has 0 unspecified atom stereocenters. The third kappa shape index (κ3) is 2.71. The number of carbonyl (C=O) groups is 1. The van der Waals surface area contributed by atoms with Crippen molar-refractivity contribution in [3.63, 3.8) is 0 Å². The Labute approximate surface area is 127 Å². The molecule has 0 aromatic heterocycles. The van der Waals surface area contributed by atoms with E-state index in [4.69, 9.17) is 11.6 Å². The lowest BCUT2D eigenvalue weighted by Gasteiger charge is -2.10. The van der Waals surface area contributed by atoms with Gasteiger partial charge in [-0.3, -0.25) is 4.79 Å². The Bertz CT molecular complexity index is 753. The summed E-state index contributed by atoms with van der Waals surface area (Å²) >= 11 is 5.93. The first kappa shape index (κ1) is 13.5. The quantitative estimate of drug-likeness (QED) is 0.830. The van der Waals surface area contributed by atoms with Crippen molar-refractivity contribution in [1.29, 1.82) is 0 Å². The van der Waals surface area contributed by atoms with Crippen molar-refractivity contribution in [3.8, 4) is 0 Å². The van der Waals surface area contributed by atoms with Gasteiger partial charge in [0.1, 0.15) is 0 Å². The van der Waals surface area contributed by atoms with Crippen molar-refractivity contribution >= 4 is 40.3 Å². The summed E-state index contributed by atoms with van der Waals surface area (Å²) in [4.78, 5) is 16.8. The van der Waals surface area contributed by atoms with Gasteiger partial charge in [0.05, 0.1) is 17.1 Å². The van der Waals surface area contributed by atoms with E-state index in [9.17, 15) is 4.79 Å². The maximum absolute atomic E-state index is 12.5. The van der Waals surface area contributed by atoms with Crippen molar-refractivity contribution in [2.24, 2.45) is 10.1 Å². The summed E-state index contributed by atoms with van der Waals surface area (Å²) < 4.78 is 0. The predicted molar refractivity (Wildman–Crippen MR) is 85.6 cm³/mol. The van der Waals surface area contributed by atoms with Gasteiger partial charge in [0.15, 0.2) is 5.71 Å². The lowest BCUT2D eigenvalue weighted by molar-refractivity contribution is -0.112. The summed E-state index contributed by atoms with van der Waals surface area (Å²) in [5.41, 5.74) is 2.28. The third-order valence-corrected chi connectivity index (χ3v) is 3.27. The van der Waals surface area contributed by atoms with Crippen molar-refractivity contribution in [3.05, 3.63) is 59.6 Å².